The molecule has 0 saturated carbocycles. The number of hydrogen-bond donors (Lipinski definition) is 2. The van der Waals surface area contributed by atoms with Gasteiger partial charge in [-0.15, -0.1) is 0 Å². The molecule has 0 unspecified atom stereocenters. The number of nitrogens with two attached hydrogens (primary N) is 1. The first-order chi connectivity index (χ1) is 12.9. The highest BCUT2D eigenvalue weighted by Crippen LogP contribution is 2.37. The Hall–Kier alpha value is -3.10. The normalized spacial score (nSPS) is 17.1. The van der Waals surface area contributed by atoms with Crippen LogP contribution >= 0.6 is 0 Å². The van der Waals surface area contributed by atoms with Gasteiger partial charge in [-0.1, -0.05) is 12.1 Å². The summed E-state index contributed by atoms with van der Waals surface area (Å²) in [6.45, 7) is 0. The molecule has 0 amide bonds. The number of benzene rings is 2. The summed E-state index contributed by atoms with van der Waals surface area (Å²) in [6, 6.07) is 16.6. The maximum absolute atomic E-state index is 11.5. The highest BCUT2D eigenvalue weighted by atomic mass is 32.2. The van der Waals surface area contributed by atoms with Crippen LogP contribution in [-0.2, 0) is 10.0 Å². The van der Waals surface area contributed by atoms with Gasteiger partial charge in [-0.3, -0.25) is 5.01 Å². The maximum Gasteiger partial charge on any atom is 0.238 e. The third-order valence-corrected chi connectivity index (χ3v) is 5.32. The fourth-order valence-corrected chi connectivity index (χ4v) is 3.61. The molecule has 0 spiro atoms. The number of hydrazone groups is 1. The van der Waals surface area contributed by atoms with Gasteiger partial charge in [-0.2, -0.15) is 5.10 Å². The molecule has 0 fully saturated rings. The number of sulfonamides is 1. The molecule has 1 aromatic heterocycles. The van der Waals surface area contributed by atoms with Crippen molar-refractivity contribution in [2.45, 2.75) is 17.4 Å². The number of nitrogens with zero attached hydrogens (tertiary/aromatic N) is 2. The zero-order chi connectivity index (χ0) is 19.0. The van der Waals surface area contributed by atoms with Gasteiger partial charge in [-0.05, 0) is 48.5 Å². The van der Waals surface area contributed by atoms with E-state index in [9.17, 15) is 13.5 Å². The first-order valence-corrected chi connectivity index (χ1v) is 9.79. The Morgan fingerprint density at radius 3 is 2.52 bits per heavy atom. The van der Waals surface area contributed by atoms with Crippen molar-refractivity contribution < 1.29 is 17.9 Å². The minimum atomic E-state index is -3.76. The lowest BCUT2D eigenvalue weighted by atomic mass is 10.0. The van der Waals surface area contributed by atoms with Crippen molar-refractivity contribution in [3.05, 3.63) is 78.3 Å². The van der Waals surface area contributed by atoms with Crippen molar-refractivity contribution >= 4 is 21.4 Å². The lowest BCUT2D eigenvalue weighted by Crippen LogP contribution is -2.18. The monoisotopic (exact) mass is 383 g/mol. The molecular formula is C19H17N3O4S. The van der Waals surface area contributed by atoms with Crippen LogP contribution in [0.3, 0.4) is 0 Å². The summed E-state index contributed by atoms with van der Waals surface area (Å²) in [4.78, 5) is 0.0391. The summed E-state index contributed by atoms with van der Waals surface area (Å²) in [5, 5.41) is 21.4. The van der Waals surface area contributed by atoms with Crippen LogP contribution in [-0.4, -0.2) is 19.2 Å². The Morgan fingerprint density at radius 2 is 1.89 bits per heavy atom. The number of primary sulfonamides is 1. The van der Waals surface area contributed by atoms with Crippen molar-refractivity contribution in [1.82, 2.24) is 0 Å². The Bertz CT molecular complexity index is 1090. The lowest BCUT2D eigenvalue weighted by Gasteiger charge is -2.22. The van der Waals surface area contributed by atoms with E-state index in [1.165, 1.54) is 12.1 Å². The summed E-state index contributed by atoms with van der Waals surface area (Å²) in [6.07, 6.45) is 2.18. The molecular weight excluding hydrogens is 366 g/mol. The average molecular weight is 383 g/mol. The number of furan rings is 1. The molecule has 1 aliphatic heterocycles. The van der Waals surface area contributed by atoms with Gasteiger partial charge in [-0.25, -0.2) is 13.6 Å². The predicted molar refractivity (Wildman–Crippen MR) is 101 cm³/mol. The predicted octanol–water partition coefficient (Wildman–Crippen LogP) is 2.99. The molecule has 138 valence electrons. The minimum Gasteiger partial charge on any atom is -0.508 e. The molecule has 3 N–H and O–H groups in total. The number of aromatic hydroxyl groups is 1. The van der Waals surface area contributed by atoms with Crippen LogP contribution in [0.15, 0.2) is 81.3 Å². The number of rotatable bonds is 4. The standard InChI is InChI=1S/C19H17N3O4S/c20-27(24,25)16-8-6-14(7-9-16)22-18(19-5-2-10-26-19)12-17(21-22)13-3-1-4-15(23)11-13/h1-11,18,23H,12H2,(H2,20,24,25)/t18-/m0/s1. The van der Waals surface area contributed by atoms with Crippen molar-refractivity contribution in [3.63, 3.8) is 0 Å². The van der Waals surface area contributed by atoms with Gasteiger partial charge in [0, 0.05) is 12.0 Å². The molecule has 27 heavy (non-hydrogen) atoms. The summed E-state index contributed by atoms with van der Waals surface area (Å²) in [5.74, 6) is 0.908. The molecule has 2 aromatic carbocycles. The zero-order valence-corrected chi connectivity index (χ0v) is 15.0. The fourth-order valence-electron chi connectivity index (χ4n) is 3.10. The van der Waals surface area contributed by atoms with Crippen molar-refractivity contribution in [2.24, 2.45) is 10.2 Å². The minimum absolute atomic E-state index is 0.0391. The van der Waals surface area contributed by atoms with Crippen molar-refractivity contribution in [3.8, 4) is 5.75 Å². The first kappa shape index (κ1) is 17.3. The van der Waals surface area contributed by atoms with Gasteiger partial charge in [0.2, 0.25) is 10.0 Å². The van der Waals surface area contributed by atoms with E-state index in [1.807, 2.05) is 18.2 Å². The second kappa shape index (κ2) is 6.57. The SMILES string of the molecule is NS(=O)(=O)c1ccc(N2N=C(c3cccc(O)c3)C[C@H]2c2ccco2)cc1. The summed E-state index contributed by atoms with van der Waals surface area (Å²) in [7, 11) is -3.76. The number of hydrogen-bond acceptors (Lipinski definition) is 6. The van der Waals surface area contributed by atoms with Crippen LogP contribution in [0, 0.1) is 0 Å². The van der Waals surface area contributed by atoms with Crippen molar-refractivity contribution in [2.75, 3.05) is 5.01 Å². The second-order valence-electron chi connectivity index (χ2n) is 6.22. The number of phenolic OH excluding ortho intramolecular Hbond substituents is 1. The molecule has 2 heterocycles. The molecule has 0 radical (unpaired) electrons. The smallest absolute Gasteiger partial charge is 0.238 e. The summed E-state index contributed by atoms with van der Waals surface area (Å²) >= 11 is 0. The van der Waals surface area contributed by atoms with E-state index in [-0.39, 0.29) is 16.7 Å². The van der Waals surface area contributed by atoms with Crippen LogP contribution in [0.1, 0.15) is 23.8 Å². The highest BCUT2D eigenvalue weighted by Gasteiger charge is 2.32. The topological polar surface area (TPSA) is 109 Å². The van der Waals surface area contributed by atoms with Gasteiger partial charge in [0.1, 0.15) is 17.6 Å². The Balaban J connectivity index is 1.74. The molecule has 7 nitrogen and oxygen atoms in total. The molecule has 1 aliphatic rings. The fraction of sp³-hybridized carbons (Fsp3) is 0.105. The van der Waals surface area contributed by atoms with Crippen LogP contribution < -0.4 is 10.1 Å². The molecule has 3 aromatic rings. The Kier molecular flexibility index (Phi) is 4.21. The van der Waals surface area contributed by atoms with E-state index in [2.05, 4.69) is 0 Å². The van der Waals surface area contributed by atoms with E-state index in [0.717, 1.165) is 17.0 Å². The van der Waals surface area contributed by atoms with E-state index in [4.69, 9.17) is 14.7 Å². The van der Waals surface area contributed by atoms with Crippen LogP contribution in [0.2, 0.25) is 0 Å². The molecule has 4 rings (SSSR count). The molecule has 0 bridgehead atoms. The van der Waals surface area contributed by atoms with Gasteiger partial charge in [0.15, 0.2) is 0 Å². The van der Waals surface area contributed by atoms with Crippen LogP contribution in [0.25, 0.3) is 0 Å². The van der Waals surface area contributed by atoms with Gasteiger partial charge in [0.05, 0.1) is 22.6 Å². The largest absolute Gasteiger partial charge is 0.508 e. The van der Waals surface area contributed by atoms with Gasteiger partial charge < -0.3 is 9.52 Å². The zero-order valence-electron chi connectivity index (χ0n) is 14.2. The molecule has 0 aliphatic carbocycles. The summed E-state index contributed by atoms with van der Waals surface area (Å²) in [5.41, 5.74) is 2.32. The van der Waals surface area contributed by atoms with E-state index in [1.54, 1.807) is 41.6 Å². The third-order valence-electron chi connectivity index (χ3n) is 4.39. The number of phenols is 1. The Labute approximate surface area is 156 Å². The van der Waals surface area contributed by atoms with Crippen LogP contribution in [0.4, 0.5) is 5.69 Å². The van der Waals surface area contributed by atoms with Crippen LogP contribution in [0.5, 0.6) is 5.75 Å². The molecule has 8 heteroatoms. The van der Waals surface area contributed by atoms with E-state index >= 15 is 0 Å². The van der Waals surface area contributed by atoms with Gasteiger partial charge >= 0.3 is 0 Å². The highest BCUT2D eigenvalue weighted by molar-refractivity contribution is 7.89. The quantitative estimate of drug-likeness (QED) is 0.720. The lowest BCUT2D eigenvalue weighted by molar-refractivity contribution is 0.465. The van der Waals surface area contributed by atoms with Crippen molar-refractivity contribution in [1.29, 1.82) is 0 Å². The maximum atomic E-state index is 11.5. The number of anilines is 1. The second-order valence-corrected chi connectivity index (χ2v) is 7.78. The van der Waals surface area contributed by atoms with E-state index < -0.39 is 10.0 Å². The Morgan fingerprint density at radius 1 is 1.11 bits per heavy atom. The first-order valence-electron chi connectivity index (χ1n) is 8.24. The van der Waals surface area contributed by atoms with E-state index in [0.29, 0.717) is 12.1 Å². The molecule has 1 atom stereocenters. The third kappa shape index (κ3) is 3.44. The van der Waals surface area contributed by atoms with Gasteiger partial charge in [0.25, 0.3) is 0 Å². The summed E-state index contributed by atoms with van der Waals surface area (Å²) < 4.78 is 28.5. The molecule has 0 saturated heterocycles. The average Bonchev–Trinajstić information content (AvgIpc) is 3.31.